The molecule has 1 aliphatic rings. The van der Waals surface area contributed by atoms with Crippen LogP contribution in [0.15, 0.2) is 48.5 Å². The van der Waals surface area contributed by atoms with Gasteiger partial charge in [0.05, 0.1) is 0 Å². The summed E-state index contributed by atoms with van der Waals surface area (Å²) < 4.78 is 0.856. The summed E-state index contributed by atoms with van der Waals surface area (Å²) in [5.41, 5.74) is 6.29. The van der Waals surface area contributed by atoms with Crippen LogP contribution in [-0.2, 0) is 22.1 Å². The molecule has 0 unspecified atom stereocenters. The molecule has 0 bridgehead atoms. The Bertz CT molecular complexity index is 512. The van der Waals surface area contributed by atoms with Gasteiger partial charge in [-0.15, -0.1) is 0 Å². The Morgan fingerprint density at radius 2 is 1.21 bits per heavy atom. The zero-order valence-electron chi connectivity index (χ0n) is 11.0. The Hall–Kier alpha value is 0.107. The van der Waals surface area contributed by atoms with Crippen LogP contribution in [-0.4, -0.2) is 5.98 Å². The average Bonchev–Trinajstić information content (AvgIpc) is 2.65. The molecule has 0 N–H and O–H groups in total. The SMILES string of the molecule is C[SiH](C)[Hf+2][CH]1c2ccccc2-c2ccccc21.[Cl-].[Cl-]. The summed E-state index contributed by atoms with van der Waals surface area (Å²) in [5, 5.41) is 0. The van der Waals surface area contributed by atoms with Crippen LogP contribution in [0.3, 0.4) is 0 Å². The normalized spacial score (nSPS) is 11.9. The molecule has 4 heteroatoms. The summed E-state index contributed by atoms with van der Waals surface area (Å²) in [5.74, 6) is -0.347. The van der Waals surface area contributed by atoms with Gasteiger partial charge in [0.2, 0.25) is 0 Å². The summed E-state index contributed by atoms with van der Waals surface area (Å²) in [6, 6.07) is 18.1. The fraction of sp³-hybridized carbons (Fsp3) is 0.200. The molecule has 98 valence electrons. The van der Waals surface area contributed by atoms with E-state index in [-0.39, 0.29) is 30.8 Å². The number of rotatable bonds is 2. The van der Waals surface area contributed by atoms with Crippen LogP contribution in [0.25, 0.3) is 11.1 Å². The van der Waals surface area contributed by atoms with Gasteiger partial charge in [0.1, 0.15) is 0 Å². The van der Waals surface area contributed by atoms with E-state index < -0.39 is 22.1 Å². The van der Waals surface area contributed by atoms with Gasteiger partial charge in [-0.05, 0) is 0 Å². The van der Waals surface area contributed by atoms with E-state index in [9.17, 15) is 0 Å². The minimum atomic E-state index is -0.491. The molecule has 0 radical (unpaired) electrons. The van der Waals surface area contributed by atoms with Gasteiger partial charge in [0, 0.05) is 0 Å². The monoisotopic (exact) mass is 474 g/mol. The molecule has 0 fully saturated rings. The second-order valence-electron chi connectivity index (χ2n) is 4.93. The van der Waals surface area contributed by atoms with E-state index in [1.807, 2.05) is 0 Å². The molecule has 1 aliphatic carbocycles. The van der Waals surface area contributed by atoms with Crippen molar-refractivity contribution in [2.45, 2.75) is 16.8 Å². The molecule has 0 atom stereocenters. The second-order valence-corrected chi connectivity index (χ2v) is 25.7. The molecule has 0 heterocycles. The van der Waals surface area contributed by atoms with E-state index >= 15 is 0 Å². The van der Waals surface area contributed by atoms with Crippen LogP contribution in [0.2, 0.25) is 13.1 Å². The maximum Gasteiger partial charge on any atom is -1.00 e. The maximum atomic E-state index is 2.53. The Morgan fingerprint density at radius 3 is 1.63 bits per heavy atom. The van der Waals surface area contributed by atoms with Crippen molar-refractivity contribution in [1.29, 1.82) is 0 Å². The summed E-state index contributed by atoms with van der Waals surface area (Å²) >= 11 is -0.491. The average molecular weight is 474 g/mol. The van der Waals surface area contributed by atoms with Gasteiger partial charge in [-0.1, -0.05) is 0 Å². The Labute approximate surface area is 139 Å². The molecule has 0 saturated carbocycles. The zero-order valence-corrected chi connectivity index (χ0v) is 17.3. The predicted molar refractivity (Wildman–Crippen MR) is 72.6 cm³/mol. The predicted octanol–water partition coefficient (Wildman–Crippen LogP) is -2.17. The van der Waals surface area contributed by atoms with E-state index in [4.69, 9.17) is 0 Å². The van der Waals surface area contributed by atoms with Crippen molar-refractivity contribution >= 4 is 5.98 Å². The van der Waals surface area contributed by atoms with Crippen molar-refractivity contribution in [3.8, 4) is 11.1 Å². The third-order valence-electron chi connectivity index (χ3n) is 3.33. The molecule has 19 heavy (non-hydrogen) atoms. The van der Waals surface area contributed by atoms with Crippen LogP contribution < -0.4 is 24.8 Å². The fourth-order valence-corrected chi connectivity index (χ4v) is 16.6. The number of benzene rings is 2. The van der Waals surface area contributed by atoms with Crippen molar-refractivity contribution in [2.24, 2.45) is 0 Å². The summed E-state index contributed by atoms with van der Waals surface area (Å²) in [6.45, 7) is 5.07. The molecular formula is C15H16Cl2HfSi. The first-order valence-corrected chi connectivity index (χ1v) is 17.4. The van der Waals surface area contributed by atoms with Crippen molar-refractivity contribution in [1.82, 2.24) is 0 Å². The van der Waals surface area contributed by atoms with Crippen LogP contribution in [0.5, 0.6) is 0 Å². The van der Waals surface area contributed by atoms with Gasteiger partial charge in [-0.25, -0.2) is 0 Å². The molecule has 0 saturated heterocycles. The number of hydrogen-bond acceptors (Lipinski definition) is 0. The fourth-order valence-electron chi connectivity index (χ4n) is 2.67. The van der Waals surface area contributed by atoms with Gasteiger partial charge in [-0.3, -0.25) is 0 Å². The molecular weight excluding hydrogens is 458 g/mol. The molecule has 2 aromatic rings. The zero-order chi connectivity index (χ0) is 11.8. The van der Waals surface area contributed by atoms with Crippen LogP contribution in [0.1, 0.15) is 14.8 Å². The quantitative estimate of drug-likeness (QED) is 0.436. The Balaban J connectivity index is 0.000000902. The summed E-state index contributed by atoms with van der Waals surface area (Å²) in [6.07, 6.45) is 0. The second kappa shape index (κ2) is 7.21. The van der Waals surface area contributed by atoms with Crippen molar-refractivity contribution in [2.75, 3.05) is 0 Å². The maximum absolute atomic E-state index is 2.53. The smallest absolute Gasteiger partial charge is 1.00 e. The Morgan fingerprint density at radius 1 is 0.789 bits per heavy atom. The van der Waals surface area contributed by atoms with Gasteiger partial charge in [-0.2, -0.15) is 0 Å². The molecule has 0 amide bonds. The number of halogens is 2. The van der Waals surface area contributed by atoms with E-state index in [2.05, 4.69) is 61.6 Å². The van der Waals surface area contributed by atoms with Crippen molar-refractivity contribution < 1.29 is 46.9 Å². The van der Waals surface area contributed by atoms with E-state index in [0.717, 1.165) is 3.67 Å². The largest absolute Gasteiger partial charge is 1.00 e. The molecule has 3 rings (SSSR count). The van der Waals surface area contributed by atoms with E-state index in [1.165, 1.54) is 11.1 Å². The molecule has 0 aliphatic heterocycles. The minimum Gasteiger partial charge on any atom is -1.00 e. The van der Waals surface area contributed by atoms with E-state index in [1.54, 1.807) is 11.1 Å². The number of hydrogen-bond donors (Lipinski definition) is 0. The first-order chi connectivity index (χ1) is 8.27. The first-order valence-electron chi connectivity index (χ1n) is 6.21. The van der Waals surface area contributed by atoms with Gasteiger partial charge >= 0.3 is 116 Å². The van der Waals surface area contributed by atoms with Crippen LogP contribution in [0, 0.1) is 0 Å². The molecule has 0 spiro atoms. The van der Waals surface area contributed by atoms with Gasteiger partial charge in [0.15, 0.2) is 0 Å². The van der Waals surface area contributed by atoms with E-state index in [0.29, 0.717) is 0 Å². The van der Waals surface area contributed by atoms with Gasteiger partial charge < -0.3 is 24.8 Å². The molecule has 0 nitrogen and oxygen atoms in total. The summed E-state index contributed by atoms with van der Waals surface area (Å²) in [4.78, 5) is 0. The topological polar surface area (TPSA) is 0 Å². The Kier molecular flexibility index (Phi) is 6.51. The van der Waals surface area contributed by atoms with Crippen molar-refractivity contribution in [3.63, 3.8) is 0 Å². The van der Waals surface area contributed by atoms with Crippen LogP contribution in [0.4, 0.5) is 0 Å². The third-order valence-corrected chi connectivity index (χ3v) is 17.3. The van der Waals surface area contributed by atoms with Crippen LogP contribution >= 0.6 is 0 Å². The van der Waals surface area contributed by atoms with Crippen molar-refractivity contribution in [3.05, 3.63) is 59.7 Å². The molecule has 2 aromatic carbocycles. The summed E-state index contributed by atoms with van der Waals surface area (Å²) in [7, 11) is 0. The number of fused-ring (bicyclic) bond motifs is 3. The standard InChI is InChI=1S/C13H9.C2H7Si.2ClH.Hf/c1-3-7-12-10(5-1)9-11-6-2-4-8-13(11)12;1-3-2;;;/h1-9H;3H,1-2H3;2*1H;/q;;;;+2/p-2. The first kappa shape index (κ1) is 17.2. The van der Waals surface area contributed by atoms with Gasteiger partial charge in [0.25, 0.3) is 0 Å². The molecule has 0 aromatic heterocycles. The minimum absolute atomic E-state index is 0. The third kappa shape index (κ3) is 3.23.